The highest BCUT2D eigenvalue weighted by Gasteiger charge is 2.04. The zero-order valence-corrected chi connectivity index (χ0v) is 8.75. The summed E-state index contributed by atoms with van der Waals surface area (Å²) in [5, 5.41) is 10.3. The Morgan fingerprint density at radius 2 is 2.08 bits per heavy atom. The number of thioether (sulfide) groups is 1. The third kappa shape index (κ3) is 2.87. The van der Waals surface area contributed by atoms with Gasteiger partial charge in [0.2, 0.25) is 0 Å². The van der Waals surface area contributed by atoms with Crippen LogP contribution in [0, 0.1) is 0 Å². The van der Waals surface area contributed by atoms with Gasteiger partial charge < -0.3 is 5.11 Å². The molecule has 0 saturated carbocycles. The van der Waals surface area contributed by atoms with E-state index in [1.807, 2.05) is 0 Å². The summed E-state index contributed by atoms with van der Waals surface area (Å²) in [6.07, 6.45) is 0. The van der Waals surface area contributed by atoms with Crippen molar-refractivity contribution in [1.82, 2.24) is 0 Å². The van der Waals surface area contributed by atoms with Crippen molar-refractivity contribution < 1.29 is 5.11 Å². The van der Waals surface area contributed by atoms with Crippen LogP contribution in [0.3, 0.4) is 0 Å². The number of hydrogen-bond acceptors (Lipinski definition) is 2. The molecule has 66 valence electrons. The monoisotopic (exact) mass is 222 g/mol. The normalized spacial score (nSPS) is 13.0. The van der Waals surface area contributed by atoms with Crippen LogP contribution in [-0.4, -0.2) is 10.5 Å². The zero-order chi connectivity index (χ0) is 9.14. The molecule has 0 bridgehead atoms. The molecular weight excluding hydrogens is 215 g/mol. The summed E-state index contributed by atoms with van der Waals surface area (Å²) in [4.78, 5) is 0.844. The maximum atomic E-state index is 9.07. The van der Waals surface area contributed by atoms with Crippen molar-refractivity contribution in [3.05, 3.63) is 28.2 Å². The van der Waals surface area contributed by atoms with Crippen LogP contribution in [0.1, 0.15) is 6.92 Å². The van der Waals surface area contributed by atoms with Crippen LogP contribution in [0.5, 0.6) is 0 Å². The van der Waals surface area contributed by atoms with E-state index >= 15 is 0 Å². The van der Waals surface area contributed by atoms with Crippen LogP contribution in [0.4, 0.5) is 0 Å². The van der Waals surface area contributed by atoms with Gasteiger partial charge in [-0.05, 0) is 25.1 Å². The molecule has 4 heteroatoms. The van der Waals surface area contributed by atoms with E-state index in [1.54, 1.807) is 25.1 Å². The lowest BCUT2D eigenvalue weighted by Crippen LogP contribution is -1.91. The van der Waals surface area contributed by atoms with Crippen LogP contribution in [-0.2, 0) is 0 Å². The van der Waals surface area contributed by atoms with E-state index in [1.165, 1.54) is 11.8 Å². The zero-order valence-electron chi connectivity index (χ0n) is 6.42. The van der Waals surface area contributed by atoms with E-state index in [4.69, 9.17) is 28.3 Å². The van der Waals surface area contributed by atoms with Gasteiger partial charge in [0, 0.05) is 9.92 Å². The molecule has 1 rings (SSSR count). The fourth-order valence-electron chi connectivity index (χ4n) is 0.755. The van der Waals surface area contributed by atoms with Crippen LogP contribution in [0.2, 0.25) is 10.0 Å². The molecule has 0 aliphatic carbocycles. The summed E-state index contributed by atoms with van der Waals surface area (Å²) in [5.74, 6) is 0. The maximum Gasteiger partial charge on any atom is 0.101 e. The van der Waals surface area contributed by atoms with Crippen molar-refractivity contribution in [3.8, 4) is 0 Å². The lowest BCUT2D eigenvalue weighted by atomic mass is 10.4. The Labute approximate surface area is 85.7 Å². The van der Waals surface area contributed by atoms with Gasteiger partial charge in [0.25, 0.3) is 0 Å². The van der Waals surface area contributed by atoms with Crippen molar-refractivity contribution in [2.45, 2.75) is 17.3 Å². The molecule has 0 radical (unpaired) electrons. The van der Waals surface area contributed by atoms with E-state index in [-0.39, 0.29) is 0 Å². The minimum Gasteiger partial charge on any atom is -0.382 e. The molecule has 0 aliphatic heterocycles. The van der Waals surface area contributed by atoms with Gasteiger partial charge in [-0.3, -0.25) is 0 Å². The van der Waals surface area contributed by atoms with E-state index in [0.717, 1.165) is 4.90 Å². The smallest absolute Gasteiger partial charge is 0.101 e. The Bertz CT molecular complexity index is 276. The van der Waals surface area contributed by atoms with Gasteiger partial charge in [-0.1, -0.05) is 35.0 Å². The van der Waals surface area contributed by atoms with Crippen LogP contribution >= 0.6 is 35.0 Å². The number of rotatable bonds is 2. The summed E-state index contributed by atoms with van der Waals surface area (Å²) in [6.45, 7) is 1.69. The van der Waals surface area contributed by atoms with Gasteiger partial charge in [0.05, 0.1) is 5.02 Å². The van der Waals surface area contributed by atoms with Gasteiger partial charge in [0.15, 0.2) is 0 Å². The average Bonchev–Trinajstić information content (AvgIpc) is 1.94. The largest absolute Gasteiger partial charge is 0.382 e. The Balaban J connectivity index is 2.86. The summed E-state index contributed by atoms with van der Waals surface area (Å²) >= 11 is 12.9. The quantitative estimate of drug-likeness (QED) is 0.612. The first-order valence-corrected chi connectivity index (χ1v) is 5.03. The van der Waals surface area contributed by atoms with Gasteiger partial charge in [-0.25, -0.2) is 0 Å². The molecule has 1 atom stereocenters. The number of hydrogen-bond donors (Lipinski definition) is 1. The predicted molar refractivity (Wildman–Crippen MR) is 54.0 cm³/mol. The standard InChI is InChI=1S/C8H8Cl2OS/c1-5(11)12-8-3-2-6(9)4-7(8)10/h2-5,11H,1H3. The topological polar surface area (TPSA) is 20.2 Å². The van der Waals surface area contributed by atoms with E-state index in [2.05, 4.69) is 0 Å². The van der Waals surface area contributed by atoms with Crippen LogP contribution in [0.15, 0.2) is 23.1 Å². The Hall–Kier alpha value is 0.110. The molecule has 1 aromatic rings. The molecule has 0 fully saturated rings. The second-order valence-corrected chi connectivity index (χ2v) is 4.49. The summed E-state index contributed by atoms with van der Waals surface area (Å²) < 4.78 is 0. The molecule has 0 aromatic heterocycles. The maximum absolute atomic E-state index is 9.07. The fourth-order valence-corrected chi connectivity index (χ4v) is 1.98. The Morgan fingerprint density at radius 3 is 2.58 bits per heavy atom. The molecule has 1 nitrogen and oxygen atoms in total. The highest BCUT2D eigenvalue weighted by atomic mass is 35.5. The molecule has 1 aromatic carbocycles. The molecule has 1 N–H and O–H groups in total. The van der Waals surface area contributed by atoms with E-state index in [9.17, 15) is 0 Å². The minimum absolute atomic E-state index is 0.455. The number of benzene rings is 1. The Kier molecular flexibility index (Phi) is 3.72. The van der Waals surface area contributed by atoms with Gasteiger partial charge in [0.1, 0.15) is 5.44 Å². The lowest BCUT2D eigenvalue weighted by Gasteiger charge is -2.05. The van der Waals surface area contributed by atoms with Crippen molar-refractivity contribution in [1.29, 1.82) is 0 Å². The Morgan fingerprint density at radius 1 is 1.42 bits per heavy atom. The first kappa shape index (κ1) is 10.2. The summed E-state index contributed by atoms with van der Waals surface area (Å²) in [6, 6.07) is 5.20. The number of aliphatic hydroxyl groups is 1. The molecule has 0 heterocycles. The summed E-state index contributed by atoms with van der Waals surface area (Å²) in [5.41, 5.74) is -0.455. The molecule has 0 aliphatic rings. The predicted octanol–water partition coefficient (Wildman–Crippen LogP) is 3.42. The fraction of sp³-hybridized carbons (Fsp3) is 0.250. The van der Waals surface area contributed by atoms with E-state index < -0.39 is 5.44 Å². The second kappa shape index (κ2) is 4.38. The van der Waals surface area contributed by atoms with Crippen molar-refractivity contribution in [3.63, 3.8) is 0 Å². The minimum atomic E-state index is -0.455. The SMILES string of the molecule is CC(O)Sc1ccc(Cl)cc1Cl. The second-order valence-electron chi connectivity index (χ2n) is 2.29. The first-order valence-electron chi connectivity index (χ1n) is 3.39. The lowest BCUT2D eigenvalue weighted by molar-refractivity contribution is 0.284. The highest BCUT2D eigenvalue weighted by molar-refractivity contribution is 7.99. The van der Waals surface area contributed by atoms with Crippen LogP contribution < -0.4 is 0 Å². The van der Waals surface area contributed by atoms with Crippen molar-refractivity contribution in [2.75, 3.05) is 0 Å². The number of halogens is 2. The summed E-state index contributed by atoms with van der Waals surface area (Å²) in [7, 11) is 0. The van der Waals surface area contributed by atoms with E-state index in [0.29, 0.717) is 10.0 Å². The van der Waals surface area contributed by atoms with Crippen molar-refractivity contribution in [2.24, 2.45) is 0 Å². The third-order valence-electron chi connectivity index (χ3n) is 1.19. The van der Waals surface area contributed by atoms with Gasteiger partial charge >= 0.3 is 0 Å². The van der Waals surface area contributed by atoms with Gasteiger partial charge in [-0.2, -0.15) is 0 Å². The average molecular weight is 223 g/mol. The third-order valence-corrected chi connectivity index (χ3v) is 2.80. The molecule has 1 unspecified atom stereocenters. The van der Waals surface area contributed by atoms with Crippen LogP contribution in [0.25, 0.3) is 0 Å². The number of aliphatic hydroxyl groups excluding tert-OH is 1. The first-order chi connectivity index (χ1) is 5.59. The molecule has 12 heavy (non-hydrogen) atoms. The molecule has 0 spiro atoms. The molecular formula is C8H8Cl2OS. The van der Waals surface area contributed by atoms with Gasteiger partial charge in [-0.15, -0.1) is 0 Å². The molecule has 0 amide bonds. The highest BCUT2D eigenvalue weighted by Crippen LogP contribution is 2.31. The van der Waals surface area contributed by atoms with Crippen molar-refractivity contribution >= 4 is 35.0 Å². The molecule has 0 saturated heterocycles.